The molecule has 0 aliphatic carbocycles. The lowest BCUT2D eigenvalue weighted by Gasteiger charge is -2.34. The molecule has 25 heavy (non-hydrogen) atoms. The van der Waals surface area contributed by atoms with E-state index in [2.05, 4.69) is 36.3 Å². The van der Waals surface area contributed by atoms with Crippen LogP contribution in [0.3, 0.4) is 0 Å². The molecule has 5 nitrogen and oxygen atoms in total. The Kier molecular flexibility index (Phi) is 13.1. The molecule has 2 rings (SSSR count). The zero-order chi connectivity index (χ0) is 16.7. The number of amides is 1. The summed E-state index contributed by atoms with van der Waals surface area (Å²) in [6, 6.07) is 0. The Morgan fingerprint density at radius 3 is 2.72 bits per heavy atom. The fourth-order valence-corrected chi connectivity index (χ4v) is 3.71. The predicted octanol–water partition coefficient (Wildman–Crippen LogP) is 2.33. The van der Waals surface area contributed by atoms with E-state index in [0.29, 0.717) is 30.7 Å². The van der Waals surface area contributed by atoms with Crippen molar-refractivity contribution in [2.75, 3.05) is 45.9 Å². The molecule has 3 unspecified atom stereocenters. The first kappa shape index (κ1) is 24.9. The van der Waals surface area contributed by atoms with E-state index in [9.17, 15) is 4.79 Å². The van der Waals surface area contributed by atoms with Crippen LogP contribution in [-0.4, -0.2) is 62.8 Å². The lowest BCUT2D eigenvalue weighted by molar-refractivity contribution is -0.123. The lowest BCUT2D eigenvalue weighted by atomic mass is 9.85. The van der Waals surface area contributed by atoms with Gasteiger partial charge >= 0.3 is 0 Å². The minimum atomic E-state index is 0. The van der Waals surface area contributed by atoms with E-state index in [0.717, 1.165) is 39.3 Å². The number of hydrogen-bond donors (Lipinski definition) is 2. The summed E-state index contributed by atoms with van der Waals surface area (Å²) in [6.07, 6.45) is 3.25. The molecule has 0 radical (unpaired) electrons. The zero-order valence-electron chi connectivity index (χ0n) is 16.0. The van der Waals surface area contributed by atoms with E-state index in [1.54, 1.807) is 0 Å². The van der Waals surface area contributed by atoms with Crippen LogP contribution in [-0.2, 0) is 9.53 Å². The third-order valence-corrected chi connectivity index (χ3v) is 5.02. The van der Waals surface area contributed by atoms with E-state index in [-0.39, 0.29) is 36.8 Å². The van der Waals surface area contributed by atoms with Gasteiger partial charge in [-0.1, -0.05) is 20.8 Å². The summed E-state index contributed by atoms with van der Waals surface area (Å²) in [7, 11) is 0. The van der Waals surface area contributed by atoms with Gasteiger partial charge in [0.25, 0.3) is 0 Å². The van der Waals surface area contributed by atoms with E-state index >= 15 is 0 Å². The summed E-state index contributed by atoms with van der Waals surface area (Å²) >= 11 is 0. The van der Waals surface area contributed by atoms with Gasteiger partial charge in [-0.3, -0.25) is 9.69 Å². The Labute approximate surface area is 165 Å². The maximum atomic E-state index is 12.2. The van der Waals surface area contributed by atoms with Gasteiger partial charge in [-0.2, -0.15) is 0 Å². The molecule has 0 aromatic rings. The second kappa shape index (κ2) is 13.2. The molecule has 0 bridgehead atoms. The van der Waals surface area contributed by atoms with Crippen molar-refractivity contribution in [3.8, 4) is 0 Å². The average molecular weight is 398 g/mol. The van der Waals surface area contributed by atoms with Crippen LogP contribution in [0.2, 0.25) is 0 Å². The molecule has 2 heterocycles. The molecule has 3 atom stereocenters. The van der Waals surface area contributed by atoms with Crippen LogP contribution in [0.25, 0.3) is 0 Å². The molecule has 0 aromatic heterocycles. The minimum absolute atomic E-state index is 0. The number of rotatable bonds is 7. The molecule has 2 aliphatic rings. The van der Waals surface area contributed by atoms with Crippen LogP contribution in [0, 0.1) is 17.8 Å². The Bertz CT molecular complexity index is 366. The monoisotopic (exact) mass is 397 g/mol. The topological polar surface area (TPSA) is 53.6 Å². The smallest absolute Gasteiger partial charge is 0.220 e. The van der Waals surface area contributed by atoms with E-state index in [1.807, 2.05) is 0 Å². The highest BCUT2D eigenvalue weighted by molar-refractivity contribution is 5.85. The van der Waals surface area contributed by atoms with Crippen LogP contribution in [0.15, 0.2) is 0 Å². The number of nitrogens with one attached hydrogen (secondary N) is 2. The number of carbonyl (C=O) groups is 1. The predicted molar refractivity (Wildman–Crippen MR) is 108 cm³/mol. The molecular formula is C18H37Cl2N3O2. The van der Waals surface area contributed by atoms with Crippen LogP contribution in [0.4, 0.5) is 0 Å². The van der Waals surface area contributed by atoms with Crippen LogP contribution in [0.5, 0.6) is 0 Å². The van der Waals surface area contributed by atoms with Gasteiger partial charge in [0.05, 0.1) is 12.7 Å². The van der Waals surface area contributed by atoms with E-state index in [1.165, 1.54) is 12.8 Å². The Morgan fingerprint density at radius 2 is 2.08 bits per heavy atom. The van der Waals surface area contributed by atoms with Crippen molar-refractivity contribution in [1.82, 2.24) is 15.5 Å². The Balaban J connectivity index is 0.00000288. The molecular weight excluding hydrogens is 361 g/mol. The highest BCUT2D eigenvalue weighted by Crippen LogP contribution is 2.22. The fraction of sp³-hybridized carbons (Fsp3) is 0.944. The van der Waals surface area contributed by atoms with Gasteiger partial charge in [0.2, 0.25) is 5.91 Å². The van der Waals surface area contributed by atoms with Gasteiger partial charge in [-0.25, -0.2) is 0 Å². The van der Waals surface area contributed by atoms with Gasteiger partial charge < -0.3 is 15.4 Å². The maximum absolute atomic E-state index is 12.2. The van der Waals surface area contributed by atoms with Crippen LogP contribution in [0.1, 0.15) is 40.0 Å². The van der Waals surface area contributed by atoms with E-state index < -0.39 is 0 Å². The number of ether oxygens (including phenoxy) is 1. The van der Waals surface area contributed by atoms with Crippen molar-refractivity contribution >= 4 is 30.7 Å². The molecule has 2 saturated heterocycles. The van der Waals surface area contributed by atoms with Gasteiger partial charge in [0, 0.05) is 32.6 Å². The summed E-state index contributed by atoms with van der Waals surface area (Å²) in [4.78, 5) is 14.6. The first-order valence-electron chi connectivity index (χ1n) is 9.36. The first-order chi connectivity index (χ1) is 11.0. The highest BCUT2D eigenvalue weighted by Gasteiger charge is 2.24. The Hall–Kier alpha value is -0.0700. The number of piperidine rings is 1. The van der Waals surface area contributed by atoms with Crippen molar-refractivity contribution in [1.29, 1.82) is 0 Å². The van der Waals surface area contributed by atoms with Crippen LogP contribution < -0.4 is 10.6 Å². The molecule has 0 spiro atoms. The van der Waals surface area contributed by atoms with Gasteiger partial charge in [0.1, 0.15) is 0 Å². The van der Waals surface area contributed by atoms with Crippen molar-refractivity contribution < 1.29 is 9.53 Å². The number of carbonyl (C=O) groups excluding carboxylic acids is 1. The SMILES string of the molecule is CC(C)CN1CCOC(CNC(=O)CC(C)C2CCCNC2)C1.Cl.Cl. The largest absolute Gasteiger partial charge is 0.374 e. The molecule has 2 fully saturated rings. The normalized spacial score (nSPS) is 25.6. The molecule has 150 valence electrons. The highest BCUT2D eigenvalue weighted by atomic mass is 35.5. The molecule has 7 heteroatoms. The van der Waals surface area contributed by atoms with Gasteiger partial charge in [-0.05, 0) is 43.7 Å². The third kappa shape index (κ3) is 9.43. The zero-order valence-corrected chi connectivity index (χ0v) is 17.6. The second-order valence-corrected chi connectivity index (χ2v) is 7.74. The Morgan fingerprint density at radius 1 is 1.32 bits per heavy atom. The standard InChI is InChI=1S/C18H35N3O2.2ClH/c1-14(2)12-21-7-8-23-17(13-21)11-20-18(22)9-15(3)16-5-4-6-19-10-16;;/h14-17,19H,4-13H2,1-3H3,(H,20,22);2*1H. The molecule has 2 aliphatic heterocycles. The maximum Gasteiger partial charge on any atom is 0.220 e. The first-order valence-corrected chi connectivity index (χ1v) is 9.36. The number of hydrogen-bond acceptors (Lipinski definition) is 4. The fourth-order valence-electron chi connectivity index (χ4n) is 3.71. The summed E-state index contributed by atoms with van der Waals surface area (Å²) in [5.41, 5.74) is 0. The second-order valence-electron chi connectivity index (χ2n) is 7.74. The minimum Gasteiger partial charge on any atom is -0.374 e. The lowest BCUT2D eigenvalue weighted by Crippen LogP contribution is -2.48. The number of halogens is 2. The van der Waals surface area contributed by atoms with Crippen molar-refractivity contribution in [3.63, 3.8) is 0 Å². The third-order valence-electron chi connectivity index (χ3n) is 5.02. The molecule has 0 aromatic carbocycles. The quantitative estimate of drug-likeness (QED) is 0.691. The molecule has 1 amide bonds. The summed E-state index contributed by atoms with van der Waals surface area (Å²) in [5, 5.41) is 6.52. The summed E-state index contributed by atoms with van der Waals surface area (Å²) in [5.74, 6) is 1.94. The van der Waals surface area contributed by atoms with Crippen molar-refractivity contribution in [2.45, 2.75) is 46.1 Å². The van der Waals surface area contributed by atoms with Crippen molar-refractivity contribution in [2.24, 2.45) is 17.8 Å². The van der Waals surface area contributed by atoms with E-state index in [4.69, 9.17) is 4.74 Å². The molecule has 2 N–H and O–H groups in total. The average Bonchev–Trinajstić information content (AvgIpc) is 2.53. The number of morpholine rings is 1. The number of nitrogens with zero attached hydrogens (tertiary/aromatic N) is 1. The van der Waals surface area contributed by atoms with Gasteiger partial charge in [0.15, 0.2) is 0 Å². The molecule has 0 saturated carbocycles. The summed E-state index contributed by atoms with van der Waals surface area (Å²) in [6.45, 7) is 13.3. The summed E-state index contributed by atoms with van der Waals surface area (Å²) < 4.78 is 5.80. The van der Waals surface area contributed by atoms with Crippen LogP contribution >= 0.6 is 24.8 Å². The van der Waals surface area contributed by atoms with Gasteiger partial charge in [-0.15, -0.1) is 24.8 Å². The van der Waals surface area contributed by atoms with Crippen molar-refractivity contribution in [3.05, 3.63) is 0 Å².